The molecule has 3 rings (SSSR count). The lowest BCUT2D eigenvalue weighted by Gasteiger charge is -2.33. The molecule has 0 unspecified atom stereocenters. The molecule has 1 aliphatic rings. The number of amides is 1. The normalized spacial score (nSPS) is 15.5. The van der Waals surface area contributed by atoms with Crippen molar-refractivity contribution in [3.8, 4) is 5.75 Å². The van der Waals surface area contributed by atoms with Crippen LogP contribution >= 0.6 is 0 Å². The number of halogens is 3. The number of nitrogens with one attached hydrogen (secondary N) is 1. The third-order valence-corrected chi connectivity index (χ3v) is 4.45. The van der Waals surface area contributed by atoms with Gasteiger partial charge in [-0.3, -0.25) is 4.79 Å². The summed E-state index contributed by atoms with van der Waals surface area (Å²) in [6.45, 7) is 0.983. The van der Waals surface area contributed by atoms with E-state index in [1.807, 2.05) is 0 Å². The van der Waals surface area contributed by atoms with Crippen LogP contribution in [0.15, 0.2) is 36.7 Å². The van der Waals surface area contributed by atoms with Crippen LogP contribution in [-0.4, -0.2) is 42.1 Å². The van der Waals surface area contributed by atoms with E-state index >= 15 is 0 Å². The molecule has 0 bridgehead atoms. The molecule has 1 aliphatic heterocycles. The lowest BCUT2D eigenvalue weighted by atomic mass is 10.0. The summed E-state index contributed by atoms with van der Waals surface area (Å²) in [5.74, 6) is 0.507. The van der Waals surface area contributed by atoms with Crippen molar-refractivity contribution in [2.24, 2.45) is 0 Å². The van der Waals surface area contributed by atoms with Crippen LogP contribution in [0.3, 0.4) is 0 Å². The molecule has 1 saturated heterocycles. The van der Waals surface area contributed by atoms with Crippen molar-refractivity contribution < 1.29 is 22.7 Å². The molecule has 9 heteroatoms. The smallest absolute Gasteiger partial charge is 0.433 e. The van der Waals surface area contributed by atoms with Gasteiger partial charge in [0.25, 0.3) is 5.91 Å². The van der Waals surface area contributed by atoms with E-state index in [-0.39, 0.29) is 17.8 Å². The standard InChI is InChI=1S/C18H19F3N4O2/c1-27-14-5-3-2-4-13(14)17(26)24-12-6-8-25(9-7-12)16-10-15(18(19,20)21)22-11-23-16/h2-5,10-12H,6-9H2,1H3,(H,24,26). The van der Waals surface area contributed by atoms with Crippen molar-refractivity contribution >= 4 is 11.7 Å². The highest BCUT2D eigenvalue weighted by atomic mass is 19.4. The monoisotopic (exact) mass is 380 g/mol. The van der Waals surface area contributed by atoms with Crippen LogP contribution in [0.1, 0.15) is 28.9 Å². The zero-order chi connectivity index (χ0) is 19.4. The van der Waals surface area contributed by atoms with E-state index in [9.17, 15) is 18.0 Å². The fourth-order valence-corrected chi connectivity index (χ4v) is 3.02. The molecule has 27 heavy (non-hydrogen) atoms. The zero-order valence-corrected chi connectivity index (χ0v) is 14.7. The van der Waals surface area contributed by atoms with E-state index in [2.05, 4.69) is 15.3 Å². The number of para-hydroxylation sites is 1. The first-order chi connectivity index (χ1) is 12.9. The summed E-state index contributed by atoms with van der Waals surface area (Å²) in [5.41, 5.74) is -0.507. The molecule has 0 spiro atoms. The molecule has 144 valence electrons. The Balaban J connectivity index is 1.60. The number of methoxy groups -OCH3 is 1. The SMILES string of the molecule is COc1ccccc1C(=O)NC1CCN(c2cc(C(F)(F)F)ncn2)CC1. The summed E-state index contributed by atoms with van der Waals surface area (Å²) >= 11 is 0. The van der Waals surface area contributed by atoms with Crippen LogP contribution < -0.4 is 15.0 Å². The molecule has 6 nitrogen and oxygen atoms in total. The second-order valence-electron chi connectivity index (χ2n) is 6.19. The predicted molar refractivity (Wildman–Crippen MR) is 92.7 cm³/mol. The molecule has 0 saturated carbocycles. The molecule has 1 aromatic heterocycles. The Labute approximate surface area is 154 Å². The number of hydrogen-bond donors (Lipinski definition) is 1. The second kappa shape index (κ2) is 7.81. The Morgan fingerprint density at radius 2 is 1.93 bits per heavy atom. The van der Waals surface area contributed by atoms with Crippen molar-refractivity contribution in [1.82, 2.24) is 15.3 Å². The average Bonchev–Trinajstić information content (AvgIpc) is 2.68. The molecule has 0 atom stereocenters. The molecule has 2 aromatic rings. The van der Waals surface area contributed by atoms with Gasteiger partial charge in [0.2, 0.25) is 0 Å². The summed E-state index contributed by atoms with van der Waals surface area (Å²) in [6.07, 6.45) is -2.37. The van der Waals surface area contributed by atoms with E-state index in [1.165, 1.54) is 7.11 Å². The van der Waals surface area contributed by atoms with Crippen molar-refractivity contribution in [3.05, 3.63) is 47.9 Å². The van der Waals surface area contributed by atoms with Crippen molar-refractivity contribution in [2.45, 2.75) is 25.1 Å². The third-order valence-electron chi connectivity index (χ3n) is 4.45. The summed E-state index contributed by atoms with van der Waals surface area (Å²) in [7, 11) is 1.50. The minimum atomic E-state index is -4.50. The van der Waals surface area contributed by atoms with Crippen molar-refractivity contribution in [2.75, 3.05) is 25.1 Å². The van der Waals surface area contributed by atoms with Gasteiger partial charge in [-0.25, -0.2) is 9.97 Å². The maximum absolute atomic E-state index is 12.8. The molecular formula is C18H19F3N4O2. The quantitative estimate of drug-likeness (QED) is 0.884. The first-order valence-electron chi connectivity index (χ1n) is 8.46. The predicted octanol–water partition coefficient (Wildman–Crippen LogP) is 2.90. The maximum atomic E-state index is 12.8. The number of piperidine rings is 1. The van der Waals surface area contributed by atoms with Gasteiger partial charge >= 0.3 is 6.18 Å². The number of alkyl halides is 3. The largest absolute Gasteiger partial charge is 0.496 e. The zero-order valence-electron chi connectivity index (χ0n) is 14.7. The van der Waals surface area contributed by atoms with Gasteiger partial charge in [0.1, 0.15) is 23.6 Å². The Morgan fingerprint density at radius 3 is 2.59 bits per heavy atom. The molecule has 1 amide bonds. The van der Waals surface area contributed by atoms with Crippen LogP contribution in [0, 0.1) is 0 Å². The molecular weight excluding hydrogens is 361 g/mol. The number of nitrogens with zero attached hydrogens (tertiary/aromatic N) is 3. The molecule has 1 fully saturated rings. The second-order valence-corrected chi connectivity index (χ2v) is 6.19. The number of carbonyl (C=O) groups excluding carboxylic acids is 1. The highest BCUT2D eigenvalue weighted by Gasteiger charge is 2.33. The molecule has 2 heterocycles. The van der Waals surface area contributed by atoms with E-state index in [0.717, 1.165) is 12.4 Å². The van der Waals surface area contributed by atoms with Crippen LogP contribution in [0.5, 0.6) is 5.75 Å². The highest BCUT2D eigenvalue weighted by molar-refractivity contribution is 5.97. The van der Waals surface area contributed by atoms with Gasteiger partial charge in [0.05, 0.1) is 12.7 Å². The summed E-state index contributed by atoms with van der Waals surface area (Å²) in [6, 6.07) is 7.82. The van der Waals surface area contributed by atoms with Gasteiger partial charge in [0, 0.05) is 25.2 Å². The van der Waals surface area contributed by atoms with Gasteiger partial charge in [-0.2, -0.15) is 13.2 Å². The third kappa shape index (κ3) is 4.47. The molecule has 1 aromatic carbocycles. The van der Waals surface area contributed by atoms with Gasteiger partial charge in [-0.05, 0) is 25.0 Å². The maximum Gasteiger partial charge on any atom is 0.433 e. The number of hydrogen-bond acceptors (Lipinski definition) is 5. The minimum Gasteiger partial charge on any atom is -0.496 e. The number of ether oxygens (including phenoxy) is 1. The van der Waals surface area contributed by atoms with Gasteiger partial charge in [-0.1, -0.05) is 12.1 Å². The van der Waals surface area contributed by atoms with E-state index in [0.29, 0.717) is 37.2 Å². The fourth-order valence-electron chi connectivity index (χ4n) is 3.02. The lowest BCUT2D eigenvalue weighted by Crippen LogP contribution is -2.45. The van der Waals surface area contributed by atoms with Gasteiger partial charge < -0.3 is 15.0 Å². The Bertz CT molecular complexity index is 805. The van der Waals surface area contributed by atoms with Crippen molar-refractivity contribution in [1.29, 1.82) is 0 Å². The summed E-state index contributed by atoms with van der Waals surface area (Å²) in [5, 5.41) is 2.96. The average molecular weight is 380 g/mol. The Hall–Kier alpha value is -2.84. The summed E-state index contributed by atoms with van der Waals surface area (Å²) < 4.78 is 43.6. The van der Waals surface area contributed by atoms with Crippen LogP contribution in [0.2, 0.25) is 0 Å². The number of carbonyl (C=O) groups is 1. The number of anilines is 1. The topological polar surface area (TPSA) is 67.3 Å². The first kappa shape index (κ1) is 18.9. The van der Waals surface area contributed by atoms with Crippen LogP contribution in [0.25, 0.3) is 0 Å². The molecule has 0 aliphatic carbocycles. The summed E-state index contributed by atoms with van der Waals surface area (Å²) in [4.78, 5) is 21.4. The first-order valence-corrected chi connectivity index (χ1v) is 8.46. The van der Waals surface area contributed by atoms with E-state index < -0.39 is 11.9 Å². The van der Waals surface area contributed by atoms with Gasteiger partial charge in [0.15, 0.2) is 0 Å². The van der Waals surface area contributed by atoms with Crippen molar-refractivity contribution in [3.63, 3.8) is 0 Å². The number of rotatable bonds is 4. The Kier molecular flexibility index (Phi) is 5.48. The fraction of sp³-hybridized carbons (Fsp3) is 0.389. The van der Waals surface area contributed by atoms with Crippen LogP contribution in [0.4, 0.5) is 19.0 Å². The lowest BCUT2D eigenvalue weighted by molar-refractivity contribution is -0.141. The van der Waals surface area contributed by atoms with Crippen LogP contribution in [-0.2, 0) is 6.18 Å². The minimum absolute atomic E-state index is 0.0670. The van der Waals surface area contributed by atoms with E-state index in [1.54, 1.807) is 29.2 Å². The number of benzene rings is 1. The Morgan fingerprint density at radius 1 is 1.22 bits per heavy atom. The highest BCUT2D eigenvalue weighted by Crippen LogP contribution is 2.29. The van der Waals surface area contributed by atoms with E-state index in [4.69, 9.17) is 4.74 Å². The number of aromatic nitrogens is 2. The van der Waals surface area contributed by atoms with Gasteiger partial charge in [-0.15, -0.1) is 0 Å². The molecule has 0 radical (unpaired) electrons. The molecule has 1 N–H and O–H groups in total.